The first-order chi connectivity index (χ1) is 20.6. The van der Waals surface area contributed by atoms with Crippen molar-refractivity contribution in [2.75, 3.05) is 17.5 Å². The van der Waals surface area contributed by atoms with Crippen molar-refractivity contribution in [2.45, 2.75) is 76.4 Å². The number of para-hydroxylation sites is 2. The number of sulfonamides is 1. The zero-order chi connectivity index (χ0) is 31.0. The van der Waals surface area contributed by atoms with Gasteiger partial charge in [0, 0.05) is 17.6 Å². The van der Waals surface area contributed by atoms with Gasteiger partial charge in [-0.15, -0.1) is 0 Å². The van der Waals surface area contributed by atoms with Crippen LogP contribution in [-0.2, 0) is 26.2 Å². The van der Waals surface area contributed by atoms with Crippen LogP contribution in [0.25, 0.3) is 0 Å². The van der Waals surface area contributed by atoms with Crippen LogP contribution >= 0.6 is 11.6 Å². The van der Waals surface area contributed by atoms with Crippen molar-refractivity contribution in [1.82, 2.24) is 10.2 Å². The summed E-state index contributed by atoms with van der Waals surface area (Å²) in [6.45, 7) is 5.13. The molecule has 43 heavy (non-hydrogen) atoms. The van der Waals surface area contributed by atoms with E-state index in [1.54, 1.807) is 68.4 Å². The van der Waals surface area contributed by atoms with Crippen molar-refractivity contribution in [2.24, 2.45) is 0 Å². The number of halogens is 1. The lowest BCUT2D eigenvalue weighted by atomic mass is 9.95. The summed E-state index contributed by atoms with van der Waals surface area (Å²) >= 11 is 6.47. The fourth-order valence-electron chi connectivity index (χ4n) is 5.25. The van der Waals surface area contributed by atoms with Crippen molar-refractivity contribution in [3.05, 3.63) is 88.9 Å². The molecule has 1 fully saturated rings. The van der Waals surface area contributed by atoms with E-state index in [2.05, 4.69) is 5.32 Å². The lowest BCUT2D eigenvalue weighted by molar-refractivity contribution is -0.139. The highest BCUT2D eigenvalue weighted by Gasteiger charge is 2.34. The molecule has 3 aromatic carbocycles. The number of nitrogens with one attached hydrogen (secondary N) is 1. The van der Waals surface area contributed by atoms with E-state index in [0.717, 1.165) is 42.0 Å². The molecule has 3 aromatic rings. The van der Waals surface area contributed by atoms with Gasteiger partial charge in [-0.05, 0) is 69.5 Å². The van der Waals surface area contributed by atoms with Crippen LogP contribution in [0.15, 0.2) is 77.7 Å². The average molecular weight is 626 g/mol. The Morgan fingerprint density at radius 3 is 2.30 bits per heavy atom. The number of aryl methyl sites for hydroxylation is 1. The van der Waals surface area contributed by atoms with Crippen LogP contribution in [0.5, 0.6) is 5.75 Å². The number of nitrogens with zero attached hydrogens (tertiary/aromatic N) is 2. The Morgan fingerprint density at radius 1 is 0.977 bits per heavy atom. The minimum Gasteiger partial charge on any atom is -0.492 e. The van der Waals surface area contributed by atoms with Crippen LogP contribution in [0.1, 0.15) is 57.1 Å². The second-order valence-electron chi connectivity index (χ2n) is 10.9. The number of anilines is 1. The highest BCUT2D eigenvalue weighted by Crippen LogP contribution is 2.33. The maximum atomic E-state index is 14.2. The number of benzene rings is 3. The molecule has 8 nitrogen and oxygen atoms in total. The molecule has 1 aliphatic rings. The molecule has 1 atom stereocenters. The molecule has 0 radical (unpaired) electrons. The van der Waals surface area contributed by atoms with E-state index in [4.69, 9.17) is 16.3 Å². The van der Waals surface area contributed by atoms with Gasteiger partial charge in [0.15, 0.2) is 0 Å². The molecule has 1 aliphatic carbocycles. The van der Waals surface area contributed by atoms with Crippen LogP contribution in [0.3, 0.4) is 0 Å². The molecule has 0 saturated heterocycles. The number of carbonyl (C=O) groups excluding carboxylic acids is 2. The summed E-state index contributed by atoms with van der Waals surface area (Å²) in [6, 6.07) is 19.5. The Bertz CT molecular complexity index is 1510. The van der Waals surface area contributed by atoms with Gasteiger partial charge in [-0.2, -0.15) is 0 Å². The monoisotopic (exact) mass is 625 g/mol. The van der Waals surface area contributed by atoms with E-state index in [9.17, 15) is 18.0 Å². The Kier molecular flexibility index (Phi) is 11.1. The van der Waals surface area contributed by atoms with Gasteiger partial charge in [0.05, 0.1) is 17.2 Å². The third-order valence-corrected chi connectivity index (χ3v) is 9.88. The first kappa shape index (κ1) is 32.4. The van der Waals surface area contributed by atoms with E-state index >= 15 is 0 Å². The third-order valence-electron chi connectivity index (χ3n) is 7.74. The van der Waals surface area contributed by atoms with Gasteiger partial charge >= 0.3 is 0 Å². The van der Waals surface area contributed by atoms with Crippen LogP contribution in [0.4, 0.5) is 5.69 Å². The topological polar surface area (TPSA) is 96.0 Å². The molecule has 0 bridgehead atoms. The highest BCUT2D eigenvalue weighted by molar-refractivity contribution is 7.92. The fourth-order valence-corrected chi connectivity index (χ4v) is 6.87. The molecule has 1 N–H and O–H groups in total. The van der Waals surface area contributed by atoms with E-state index in [0.29, 0.717) is 22.9 Å². The third kappa shape index (κ3) is 8.09. The lowest BCUT2D eigenvalue weighted by Crippen LogP contribution is -2.53. The predicted octanol–water partition coefficient (Wildman–Crippen LogP) is 6.11. The number of ether oxygens (including phenoxy) is 1. The maximum absolute atomic E-state index is 14.2. The van der Waals surface area contributed by atoms with Gasteiger partial charge < -0.3 is 15.0 Å². The number of amides is 2. The summed E-state index contributed by atoms with van der Waals surface area (Å²) < 4.78 is 35.1. The molecule has 4 rings (SSSR count). The van der Waals surface area contributed by atoms with E-state index in [1.165, 1.54) is 17.0 Å². The van der Waals surface area contributed by atoms with Gasteiger partial charge in [-0.3, -0.25) is 13.9 Å². The second-order valence-corrected chi connectivity index (χ2v) is 13.1. The van der Waals surface area contributed by atoms with Gasteiger partial charge in [0.1, 0.15) is 18.3 Å². The summed E-state index contributed by atoms with van der Waals surface area (Å²) in [7, 11) is -4.21. The van der Waals surface area contributed by atoms with Crippen molar-refractivity contribution in [3.8, 4) is 5.75 Å². The maximum Gasteiger partial charge on any atom is 0.264 e. The standard InChI is InChI=1S/C33H40ClN3O5S/c1-4-42-31-17-11-10-16-30(31)37(43(40,41)28-20-18-24(2)19-21-28)23-32(38)36(22-26-12-8-9-15-29(26)34)25(3)33(39)35-27-13-6-5-7-14-27/h8-12,15-21,25,27H,4-7,13-14,22-23H2,1-3H3,(H,35,39)/t25-/m1/s1. The molecule has 0 aliphatic heterocycles. The van der Waals surface area contributed by atoms with Gasteiger partial charge in [-0.1, -0.05) is 78.9 Å². The number of rotatable bonds is 12. The molecular formula is C33H40ClN3O5S. The SMILES string of the molecule is CCOc1ccccc1N(CC(=O)N(Cc1ccccc1Cl)[C@H](C)C(=O)NC1CCCCC1)S(=O)(=O)c1ccc(C)cc1. The van der Waals surface area contributed by atoms with E-state index < -0.39 is 28.5 Å². The van der Waals surface area contributed by atoms with Crippen molar-refractivity contribution in [3.63, 3.8) is 0 Å². The second kappa shape index (κ2) is 14.8. The molecule has 10 heteroatoms. The molecule has 0 spiro atoms. The lowest BCUT2D eigenvalue weighted by Gasteiger charge is -2.33. The van der Waals surface area contributed by atoms with E-state index in [-0.39, 0.29) is 29.1 Å². The predicted molar refractivity (Wildman–Crippen MR) is 170 cm³/mol. The summed E-state index contributed by atoms with van der Waals surface area (Å²) in [4.78, 5) is 29.2. The Hall–Kier alpha value is -3.56. The smallest absolute Gasteiger partial charge is 0.264 e. The van der Waals surface area contributed by atoms with E-state index in [1.807, 2.05) is 13.0 Å². The summed E-state index contributed by atoms with van der Waals surface area (Å²) in [6.07, 6.45) is 5.04. The van der Waals surface area contributed by atoms with Gasteiger partial charge in [0.2, 0.25) is 11.8 Å². The Morgan fingerprint density at radius 2 is 1.63 bits per heavy atom. The quantitative estimate of drug-likeness (QED) is 0.262. The summed E-state index contributed by atoms with van der Waals surface area (Å²) in [5.41, 5.74) is 1.78. The van der Waals surface area contributed by atoms with Crippen molar-refractivity contribution >= 4 is 39.1 Å². The average Bonchev–Trinajstić information content (AvgIpc) is 3.00. The summed E-state index contributed by atoms with van der Waals surface area (Å²) in [5.74, 6) is -0.502. The first-order valence-corrected chi connectivity index (χ1v) is 16.6. The van der Waals surface area contributed by atoms with Crippen molar-refractivity contribution < 1.29 is 22.7 Å². The van der Waals surface area contributed by atoms with Crippen molar-refractivity contribution in [1.29, 1.82) is 0 Å². The highest BCUT2D eigenvalue weighted by atomic mass is 35.5. The minimum atomic E-state index is -4.21. The van der Waals surface area contributed by atoms with Crippen LogP contribution in [0.2, 0.25) is 5.02 Å². The zero-order valence-corrected chi connectivity index (χ0v) is 26.5. The Balaban J connectivity index is 1.72. The molecule has 0 unspecified atom stereocenters. The van der Waals surface area contributed by atoms with Crippen LogP contribution in [-0.4, -0.2) is 50.4 Å². The number of hydrogen-bond acceptors (Lipinski definition) is 5. The summed E-state index contributed by atoms with van der Waals surface area (Å²) in [5, 5.41) is 3.56. The molecule has 1 saturated carbocycles. The largest absolute Gasteiger partial charge is 0.492 e. The molecule has 0 aromatic heterocycles. The van der Waals surface area contributed by atoms with Gasteiger partial charge in [-0.25, -0.2) is 8.42 Å². The normalized spacial score (nSPS) is 14.5. The Labute approximate surface area is 260 Å². The van der Waals surface area contributed by atoms with Crippen LogP contribution < -0.4 is 14.4 Å². The number of carbonyl (C=O) groups is 2. The zero-order valence-electron chi connectivity index (χ0n) is 25.0. The number of hydrogen-bond donors (Lipinski definition) is 1. The minimum absolute atomic E-state index is 0.0310. The van der Waals surface area contributed by atoms with Gasteiger partial charge in [0.25, 0.3) is 10.0 Å². The molecule has 230 valence electrons. The molecule has 2 amide bonds. The fraction of sp³-hybridized carbons (Fsp3) is 0.394. The molecular weight excluding hydrogens is 586 g/mol. The first-order valence-electron chi connectivity index (χ1n) is 14.8. The van der Waals surface area contributed by atoms with Crippen LogP contribution in [0, 0.1) is 6.92 Å². The molecule has 0 heterocycles.